The molecule has 2 N–H and O–H groups in total. The lowest BCUT2D eigenvalue weighted by Crippen LogP contribution is -2.28. The molecule has 7 heteroatoms. The highest BCUT2D eigenvalue weighted by Gasteiger charge is 2.25. The monoisotopic (exact) mass is 405 g/mol. The first-order valence-electron chi connectivity index (χ1n) is 10.6. The van der Waals surface area contributed by atoms with Crippen molar-refractivity contribution < 1.29 is 9.59 Å². The van der Waals surface area contributed by atoms with Crippen molar-refractivity contribution in [1.82, 2.24) is 19.9 Å². The summed E-state index contributed by atoms with van der Waals surface area (Å²) < 4.78 is 1.86. The van der Waals surface area contributed by atoms with Gasteiger partial charge in [-0.05, 0) is 49.4 Å². The maximum Gasteiger partial charge on any atom is 0.251 e. The maximum atomic E-state index is 12.3. The van der Waals surface area contributed by atoms with Crippen molar-refractivity contribution in [2.45, 2.75) is 39.5 Å². The molecule has 0 saturated heterocycles. The summed E-state index contributed by atoms with van der Waals surface area (Å²) in [5, 5.41) is 14.4. The highest BCUT2D eigenvalue weighted by molar-refractivity contribution is 5.94. The summed E-state index contributed by atoms with van der Waals surface area (Å²) in [6, 6.07) is 11.0. The zero-order valence-electron chi connectivity index (χ0n) is 17.4. The van der Waals surface area contributed by atoms with Gasteiger partial charge in [0.2, 0.25) is 5.91 Å². The minimum absolute atomic E-state index is 0.0723. The number of carbonyl (C=O) groups excluding carboxylic acids is 2. The number of hydrogen-bond acceptors (Lipinski definition) is 4. The van der Waals surface area contributed by atoms with Crippen LogP contribution in [-0.2, 0) is 4.79 Å². The van der Waals surface area contributed by atoms with Gasteiger partial charge in [-0.1, -0.05) is 32.4 Å². The second kappa shape index (κ2) is 8.65. The van der Waals surface area contributed by atoms with Gasteiger partial charge in [-0.15, -0.1) is 10.2 Å². The number of nitrogens with zero attached hydrogens (tertiary/aromatic N) is 3. The highest BCUT2D eigenvalue weighted by Crippen LogP contribution is 2.28. The third kappa shape index (κ3) is 4.35. The van der Waals surface area contributed by atoms with Crippen LogP contribution in [0.1, 0.15) is 49.9 Å². The lowest BCUT2D eigenvalue weighted by molar-refractivity contribution is -0.122. The van der Waals surface area contributed by atoms with Crippen molar-refractivity contribution in [3.8, 4) is 11.4 Å². The second-order valence-corrected chi connectivity index (χ2v) is 8.30. The average molecular weight is 406 g/mol. The van der Waals surface area contributed by atoms with Gasteiger partial charge in [0, 0.05) is 29.8 Å². The number of nitrogens with one attached hydrogen (secondary N) is 2. The Bertz CT molecular complexity index is 1050. The summed E-state index contributed by atoms with van der Waals surface area (Å²) in [6.45, 7) is 4.93. The fourth-order valence-electron chi connectivity index (χ4n) is 3.42. The van der Waals surface area contributed by atoms with Gasteiger partial charge in [0.05, 0.1) is 5.69 Å². The Labute approximate surface area is 175 Å². The van der Waals surface area contributed by atoms with Crippen LogP contribution in [0.15, 0.2) is 42.6 Å². The first-order chi connectivity index (χ1) is 14.5. The molecule has 1 aliphatic rings. The largest absolute Gasteiger partial charge is 0.352 e. The number of anilines is 1. The number of carbonyl (C=O) groups is 2. The Kier molecular flexibility index (Phi) is 5.79. The van der Waals surface area contributed by atoms with Crippen LogP contribution in [0.2, 0.25) is 0 Å². The van der Waals surface area contributed by atoms with Crippen molar-refractivity contribution in [2.75, 3.05) is 11.9 Å². The zero-order chi connectivity index (χ0) is 21.1. The summed E-state index contributed by atoms with van der Waals surface area (Å²) in [6.07, 6.45) is 5.84. The predicted molar refractivity (Wildman–Crippen MR) is 116 cm³/mol. The van der Waals surface area contributed by atoms with E-state index < -0.39 is 0 Å². The summed E-state index contributed by atoms with van der Waals surface area (Å²) in [7, 11) is 0. The third-order valence-corrected chi connectivity index (χ3v) is 5.56. The van der Waals surface area contributed by atoms with E-state index in [1.165, 1.54) is 0 Å². The second-order valence-electron chi connectivity index (χ2n) is 8.30. The van der Waals surface area contributed by atoms with Crippen LogP contribution >= 0.6 is 0 Å². The molecular weight excluding hydrogens is 378 g/mol. The molecular formula is C23H27N5O2. The molecule has 4 rings (SSSR count). The molecule has 1 aliphatic carbocycles. The van der Waals surface area contributed by atoms with Gasteiger partial charge in [0.1, 0.15) is 0 Å². The molecule has 0 aliphatic heterocycles. The summed E-state index contributed by atoms with van der Waals surface area (Å²) in [5.41, 5.74) is 2.89. The van der Waals surface area contributed by atoms with Crippen molar-refractivity contribution in [3.05, 3.63) is 48.2 Å². The number of rotatable bonds is 7. The fourth-order valence-corrected chi connectivity index (χ4v) is 3.42. The molecule has 3 aromatic rings. The molecule has 0 spiro atoms. The van der Waals surface area contributed by atoms with Crippen molar-refractivity contribution in [2.24, 2.45) is 11.8 Å². The van der Waals surface area contributed by atoms with Gasteiger partial charge in [-0.2, -0.15) is 0 Å². The van der Waals surface area contributed by atoms with E-state index in [1.807, 2.05) is 34.9 Å². The number of hydrogen-bond donors (Lipinski definition) is 2. The molecule has 2 heterocycles. The molecule has 0 bridgehead atoms. The average Bonchev–Trinajstić information content (AvgIpc) is 3.09. The van der Waals surface area contributed by atoms with Crippen LogP contribution in [-0.4, -0.2) is 33.0 Å². The third-order valence-electron chi connectivity index (χ3n) is 5.56. The molecule has 2 amide bonds. The molecule has 7 nitrogen and oxygen atoms in total. The molecule has 156 valence electrons. The van der Waals surface area contributed by atoms with Crippen LogP contribution in [0.25, 0.3) is 17.0 Å². The lowest BCUT2D eigenvalue weighted by Gasteiger charge is -2.24. The van der Waals surface area contributed by atoms with Crippen LogP contribution in [0, 0.1) is 11.8 Å². The van der Waals surface area contributed by atoms with Crippen molar-refractivity contribution >= 4 is 23.1 Å². The Morgan fingerprint density at radius 1 is 1.10 bits per heavy atom. The first-order valence-corrected chi connectivity index (χ1v) is 10.6. The number of amides is 2. The highest BCUT2D eigenvalue weighted by atomic mass is 16.2. The number of aromatic nitrogens is 3. The van der Waals surface area contributed by atoms with E-state index in [0.717, 1.165) is 36.9 Å². The molecule has 0 radical (unpaired) electrons. The molecule has 30 heavy (non-hydrogen) atoms. The topological polar surface area (TPSA) is 88.4 Å². The first kappa shape index (κ1) is 20.1. The maximum absolute atomic E-state index is 12.3. The molecule has 0 atom stereocenters. The smallest absolute Gasteiger partial charge is 0.251 e. The standard InChI is InChI=1S/C23H27N5O2/c1-15(2)12-13-24-22(29)18-8-6-16(7-9-18)21-27-26-20-11-10-19(14-28(20)21)25-23(30)17-4-3-5-17/h6-11,14-15,17H,3-5,12-13H2,1-2H3,(H,24,29)(H,25,30). The van der Waals surface area contributed by atoms with Crippen LogP contribution in [0.3, 0.4) is 0 Å². The van der Waals surface area contributed by atoms with E-state index >= 15 is 0 Å². The Hall–Kier alpha value is -3.22. The van der Waals surface area contributed by atoms with Crippen LogP contribution in [0.4, 0.5) is 5.69 Å². The molecule has 1 fully saturated rings. The van der Waals surface area contributed by atoms with Crippen LogP contribution < -0.4 is 10.6 Å². The molecule has 0 unspecified atom stereocenters. The summed E-state index contributed by atoms with van der Waals surface area (Å²) in [5.74, 6) is 1.34. The van der Waals surface area contributed by atoms with Gasteiger partial charge in [-0.25, -0.2) is 0 Å². The molecule has 2 aromatic heterocycles. The quantitative estimate of drug-likeness (QED) is 0.624. The van der Waals surface area contributed by atoms with E-state index in [4.69, 9.17) is 0 Å². The van der Waals surface area contributed by atoms with E-state index in [0.29, 0.717) is 29.5 Å². The van der Waals surface area contributed by atoms with Crippen LogP contribution in [0.5, 0.6) is 0 Å². The fraction of sp³-hybridized carbons (Fsp3) is 0.391. The Morgan fingerprint density at radius 2 is 1.87 bits per heavy atom. The lowest BCUT2D eigenvalue weighted by atomic mass is 9.85. The van der Waals surface area contributed by atoms with E-state index in [-0.39, 0.29) is 17.7 Å². The predicted octanol–water partition coefficient (Wildman–Crippen LogP) is 3.91. The Balaban J connectivity index is 1.50. The SMILES string of the molecule is CC(C)CCNC(=O)c1ccc(-c2nnc3ccc(NC(=O)C4CCC4)cn23)cc1. The molecule has 1 saturated carbocycles. The van der Waals surface area contributed by atoms with Gasteiger partial charge >= 0.3 is 0 Å². The van der Waals surface area contributed by atoms with E-state index in [9.17, 15) is 9.59 Å². The summed E-state index contributed by atoms with van der Waals surface area (Å²) in [4.78, 5) is 24.5. The summed E-state index contributed by atoms with van der Waals surface area (Å²) >= 11 is 0. The van der Waals surface area contributed by atoms with E-state index in [1.54, 1.807) is 12.1 Å². The van der Waals surface area contributed by atoms with Gasteiger partial charge in [-0.3, -0.25) is 14.0 Å². The zero-order valence-corrected chi connectivity index (χ0v) is 17.4. The van der Waals surface area contributed by atoms with Crippen molar-refractivity contribution in [1.29, 1.82) is 0 Å². The van der Waals surface area contributed by atoms with Crippen molar-refractivity contribution in [3.63, 3.8) is 0 Å². The van der Waals surface area contributed by atoms with Gasteiger partial charge in [0.15, 0.2) is 11.5 Å². The minimum atomic E-state index is -0.0747. The number of fused-ring (bicyclic) bond motifs is 1. The Morgan fingerprint density at radius 3 is 2.53 bits per heavy atom. The normalized spacial score (nSPS) is 14.0. The number of pyridine rings is 1. The van der Waals surface area contributed by atoms with Gasteiger partial charge < -0.3 is 10.6 Å². The minimum Gasteiger partial charge on any atom is -0.352 e. The molecule has 1 aromatic carbocycles. The number of benzene rings is 1. The van der Waals surface area contributed by atoms with Gasteiger partial charge in [0.25, 0.3) is 5.91 Å². The van der Waals surface area contributed by atoms with E-state index in [2.05, 4.69) is 34.7 Å².